The Balaban J connectivity index is 0.00000218. The largest absolute Gasteiger partial charge is 1.00 e. The molecule has 0 atom stereocenters. The van der Waals surface area contributed by atoms with Crippen molar-refractivity contribution in [1.82, 2.24) is 4.90 Å². The molecular weight excluding hydrogens is 466 g/mol. The van der Waals surface area contributed by atoms with Crippen LogP contribution in [0.5, 0.6) is 0 Å². The van der Waals surface area contributed by atoms with Gasteiger partial charge in [-0.15, -0.1) is 0 Å². The van der Waals surface area contributed by atoms with Crippen molar-refractivity contribution in [2.45, 2.75) is 19.5 Å². The van der Waals surface area contributed by atoms with Crippen LogP contribution < -0.4 is 26.4 Å². The molecule has 5 rings (SSSR count). The fraction of sp³-hybridized carbons (Fsp3) is 0.182. The van der Waals surface area contributed by atoms with E-state index in [1.807, 2.05) is 40.3 Å². The molecule has 3 heterocycles. The molecule has 0 radical (unpaired) electrons. The molecule has 2 aromatic carbocycles. The fourth-order valence-corrected chi connectivity index (χ4v) is 4.98. The van der Waals surface area contributed by atoms with Gasteiger partial charge in [-0.2, -0.15) is 4.90 Å². The highest BCUT2D eigenvalue weighted by atomic mass is 79.9. The number of thiazole rings is 1. The van der Waals surface area contributed by atoms with Crippen molar-refractivity contribution in [3.63, 3.8) is 0 Å². The second-order valence-corrected chi connectivity index (χ2v) is 7.95. The third-order valence-electron chi connectivity index (χ3n) is 5.35. The molecule has 0 fully saturated rings. The van der Waals surface area contributed by atoms with Gasteiger partial charge >= 0.3 is 11.0 Å². The highest BCUT2D eigenvalue weighted by molar-refractivity contribution is 7.13. The molecule has 30 heavy (non-hydrogen) atoms. The topological polar surface area (TPSA) is 61.6 Å². The van der Waals surface area contributed by atoms with Crippen LogP contribution in [-0.2, 0) is 24.3 Å². The first-order valence-electron chi connectivity index (χ1n) is 9.43. The Morgan fingerprint density at radius 3 is 2.27 bits per heavy atom. The van der Waals surface area contributed by atoms with Crippen LogP contribution >= 0.6 is 11.3 Å². The van der Waals surface area contributed by atoms with Crippen LogP contribution in [0.25, 0.3) is 0 Å². The van der Waals surface area contributed by atoms with E-state index in [1.54, 1.807) is 29.2 Å². The second-order valence-electron chi connectivity index (χ2n) is 7.11. The van der Waals surface area contributed by atoms with Crippen LogP contribution in [0.4, 0.5) is 5.13 Å². The van der Waals surface area contributed by atoms with Crippen molar-refractivity contribution in [2.24, 2.45) is 0 Å². The van der Waals surface area contributed by atoms with Crippen molar-refractivity contribution in [1.29, 1.82) is 0 Å². The lowest BCUT2D eigenvalue weighted by molar-refractivity contribution is -0.675. The molecule has 3 amide bonds. The number of benzene rings is 2. The number of halogens is 1. The molecule has 0 saturated heterocycles. The minimum atomic E-state index is -0.263. The van der Waals surface area contributed by atoms with Crippen LogP contribution in [0.2, 0.25) is 0 Å². The smallest absolute Gasteiger partial charge is 0.344 e. The summed E-state index contributed by atoms with van der Waals surface area (Å²) in [5.74, 6) is -0.473. The lowest BCUT2D eigenvalue weighted by atomic mass is 10.1. The van der Waals surface area contributed by atoms with E-state index in [9.17, 15) is 14.4 Å². The average Bonchev–Trinajstić information content (AvgIpc) is 3.40. The Bertz CT molecular complexity index is 1110. The van der Waals surface area contributed by atoms with Gasteiger partial charge in [0, 0.05) is 5.38 Å². The number of imide groups is 1. The van der Waals surface area contributed by atoms with E-state index >= 15 is 0 Å². The Labute approximate surface area is 188 Å². The molecule has 0 unspecified atom stereocenters. The van der Waals surface area contributed by atoms with Crippen molar-refractivity contribution < 1.29 is 35.9 Å². The number of carbonyl (C=O) groups is 3. The molecule has 2 aliphatic heterocycles. The van der Waals surface area contributed by atoms with Crippen molar-refractivity contribution >= 4 is 34.2 Å². The Morgan fingerprint density at radius 1 is 0.967 bits per heavy atom. The van der Waals surface area contributed by atoms with Gasteiger partial charge in [-0.25, -0.2) is 9.36 Å². The Kier molecular flexibility index (Phi) is 5.53. The van der Waals surface area contributed by atoms with E-state index in [0.29, 0.717) is 30.6 Å². The van der Waals surface area contributed by atoms with E-state index in [0.717, 1.165) is 16.4 Å². The summed E-state index contributed by atoms with van der Waals surface area (Å²) in [5, 5.41) is 2.79. The van der Waals surface area contributed by atoms with E-state index in [2.05, 4.69) is 0 Å². The predicted molar refractivity (Wildman–Crippen MR) is 108 cm³/mol. The Hall–Kier alpha value is -2.84. The zero-order valence-electron chi connectivity index (χ0n) is 16.0. The number of carbonyl (C=O) groups excluding carboxylic acids is 3. The van der Waals surface area contributed by atoms with Crippen LogP contribution in [0.15, 0.2) is 60.0 Å². The molecule has 2 aliphatic rings. The quantitative estimate of drug-likeness (QED) is 0.368. The summed E-state index contributed by atoms with van der Waals surface area (Å²) in [4.78, 5) is 41.2. The summed E-state index contributed by atoms with van der Waals surface area (Å²) in [6.45, 7) is 1.48. The van der Waals surface area contributed by atoms with Gasteiger partial charge in [0.05, 0.1) is 24.1 Å². The maximum atomic E-state index is 12.8. The molecule has 3 aromatic rings. The molecule has 6 nitrogen and oxygen atoms in total. The number of fused-ring (bicyclic) bond motifs is 2. The standard InChI is InChI=1S/C22H18N3O3S.BrH/c26-19(12-15-6-2-1-3-7-15)24-11-10-23-16(14-29-22(23)24)13-25-20(27)17-8-4-5-9-18(17)21(25)28;/h1-9,14H,10-13H2;1H/q+1;/p-1. The number of hydrogen-bond acceptors (Lipinski definition) is 4. The van der Waals surface area contributed by atoms with Gasteiger partial charge in [-0.3, -0.25) is 14.5 Å². The van der Waals surface area contributed by atoms with Gasteiger partial charge in [0.2, 0.25) is 0 Å². The molecular formula is C22H18BrN3O3S. The highest BCUT2D eigenvalue weighted by Crippen LogP contribution is 2.28. The summed E-state index contributed by atoms with van der Waals surface area (Å²) in [6, 6.07) is 16.6. The van der Waals surface area contributed by atoms with E-state index in [1.165, 1.54) is 16.2 Å². The van der Waals surface area contributed by atoms with Gasteiger partial charge in [0.1, 0.15) is 18.8 Å². The summed E-state index contributed by atoms with van der Waals surface area (Å²) < 4.78 is 2.04. The molecule has 0 N–H and O–H groups in total. The summed E-state index contributed by atoms with van der Waals surface area (Å²) in [6.07, 6.45) is 0.354. The minimum absolute atomic E-state index is 0. The van der Waals surface area contributed by atoms with E-state index in [4.69, 9.17) is 0 Å². The van der Waals surface area contributed by atoms with Crippen LogP contribution in [0.1, 0.15) is 32.0 Å². The lowest BCUT2D eigenvalue weighted by Crippen LogP contribution is -3.00. The number of aromatic nitrogens is 1. The zero-order chi connectivity index (χ0) is 20.0. The Morgan fingerprint density at radius 2 is 1.60 bits per heavy atom. The third kappa shape index (κ3) is 3.36. The lowest BCUT2D eigenvalue weighted by Gasteiger charge is -2.12. The van der Waals surface area contributed by atoms with Gasteiger partial charge in [0.25, 0.3) is 11.8 Å². The predicted octanol–water partition coefficient (Wildman–Crippen LogP) is -0.575. The van der Waals surface area contributed by atoms with Crippen molar-refractivity contribution in [3.05, 3.63) is 82.4 Å². The van der Waals surface area contributed by atoms with Crippen molar-refractivity contribution in [2.75, 3.05) is 11.4 Å². The third-order valence-corrected chi connectivity index (χ3v) is 6.40. The molecule has 0 aliphatic carbocycles. The van der Waals surface area contributed by atoms with Gasteiger partial charge in [-0.1, -0.05) is 53.8 Å². The monoisotopic (exact) mass is 483 g/mol. The number of anilines is 1. The van der Waals surface area contributed by atoms with Crippen molar-refractivity contribution in [3.8, 4) is 0 Å². The molecule has 152 valence electrons. The highest BCUT2D eigenvalue weighted by Gasteiger charge is 2.40. The summed E-state index contributed by atoms with van der Waals surface area (Å²) in [5.41, 5.74) is 2.76. The second kappa shape index (κ2) is 8.12. The van der Waals surface area contributed by atoms with Crippen LogP contribution in [-0.4, -0.2) is 29.2 Å². The van der Waals surface area contributed by atoms with Gasteiger partial charge in [-0.05, 0) is 17.7 Å². The first-order valence-corrected chi connectivity index (χ1v) is 10.3. The molecule has 0 spiro atoms. The molecule has 0 saturated carbocycles. The van der Waals surface area contributed by atoms with Crippen LogP contribution in [0.3, 0.4) is 0 Å². The van der Waals surface area contributed by atoms with E-state index < -0.39 is 0 Å². The molecule has 0 bridgehead atoms. The number of nitrogens with zero attached hydrogens (tertiary/aromatic N) is 3. The normalized spacial score (nSPS) is 14.5. The number of hydrogen-bond donors (Lipinski definition) is 0. The number of amides is 3. The zero-order valence-corrected chi connectivity index (χ0v) is 18.4. The fourth-order valence-electron chi connectivity index (χ4n) is 3.88. The summed E-state index contributed by atoms with van der Waals surface area (Å²) in [7, 11) is 0. The van der Waals surface area contributed by atoms with Crippen LogP contribution in [0, 0.1) is 0 Å². The van der Waals surface area contributed by atoms with Gasteiger partial charge < -0.3 is 17.0 Å². The average molecular weight is 484 g/mol. The number of rotatable bonds is 4. The van der Waals surface area contributed by atoms with E-state index in [-0.39, 0.29) is 41.2 Å². The SMILES string of the molecule is O=C1c2ccccc2C(=O)N1Cc1csc2[n+]1CCN2C(=O)Cc1ccccc1.[Br-]. The summed E-state index contributed by atoms with van der Waals surface area (Å²) >= 11 is 1.47. The minimum Gasteiger partial charge on any atom is -1.00 e. The first-order chi connectivity index (χ1) is 14.1. The molecule has 1 aromatic heterocycles. The van der Waals surface area contributed by atoms with Gasteiger partial charge in [0.15, 0.2) is 0 Å². The maximum absolute atomic E-state index is 12.8. The maximum Gasteiger partial charge on any atom is 0.344 e. The molecule has 8 heteroatoms. The first kappa shape index (κ1) is 20.4.